The lowest BCUT2D eigenvalue weighted by molar-refractivity contribution is -0.109. The Hall–Kier alpha value is -0.370. The van der Waals surface area contributed by atoms with Gasteiger partial charge in [-0.2, -0.15) is 0 Å². The summed E-state index contributed by atoms with van der Waals surface area (Å²) in [6, 6.07) is 0. The van der Waals surface area contributed by atoms with E-state index in [4.69, 9.17) is 5.11 Å². The first-order chi connectivity index (χ1) is 4.34. The predicted molar refractivity (Wildman–Crippen MR) is 34.0 cm³/mol. The molecule has 0 spiro atoms. The molecule has 0 unspecified atom stereocenters. The molecule has 0 aromatic heterocycles. The molecule has 0 heterocycles. The highest BCUT2D eigenvalue weighted by molar-refractivity contribution is 5.49. The minimum absolute atomic E-state index is 0.199. The molecule has 0 aromatic carbocycles. The van der Waals surface area contributed by atoms with E-state index in [9.17, 15) is 4.79 Å². The van der Waals surface area contributed by atoms with Crippen LogP contribution in [0.5, 0.6) is 0 Å². The van der Waals surface area contributed by atoms with Crippen LogP contribution in [0, 0.1) is 5.92 Å². The van der Waals surface area contributed by atoms with Gasteiger partial charge in [0.1, 0.15) is 6.29 Å². The third-order valence-electron chi connectivity index (χ3n) is 2.02. The number of aldehydes is 1. The second-order valence-corrected chi connectivity index (χ2v) is 2.66. The Morgan fingerprint density at radius 1 is 1.56 bits per heavy atom. The van der Waals surface area contributed by atoms with E-state index in [0.29, 0.717) is 6.42 Å². The van der Waals surface area contributed by atoms with Gasteiger partial charge in [-0.25, -0.2) is 0 Å². The lowest BCUT2D eigenvalue weighted by Crippen LogP contribution is -2.12. The summed E-state index contributed by atoms with van der Waals surface area (Å²) in [5, 5.41) is 9.16. The van der Waals surface area contributed by atoms with Gasteiger partial charge in [-0.3, -0.25) is 0 Å². The fourth-order valence-electron chi connectivity index (χ4n) is 1.42. The zero-order chi connectivity index (χ0) is 6.69. The summed E-state index contributed by atoms with van der Waals surface area (Å²) >= 11 is 0. The average molecular weight is 128 g/mol. The standard InChI is InChI=1S/C7H12O2/c8-5-4-6-2-1-3-7(6)9/h5-7,9H,1-4H2/t6-,7-/m0/s1. The average Bonchev–Trinajstić information content (AvgIpc) is 2.18. The molecule has 1 fully saturated rings. The van der Waals surface area contributed by atoms with Crippen molar-refractivity contribution < 1.29 is 9.90 Å². The van der Waals surface area contributed by atoms with Crippen molar-refractivity contribution in [1.29, 1.82) is 0 Å². The van der Waals surface area contributed by atoms with Gasteiger partial charge >= 0.3 is 0 Å². The Kier molecular flexibility index (Phi) is 2.22. The van der Waals surface area contributed by atoms with E-state index in [1.807, 2.05) is 0 Å². The summed E-state index contributed by atoms with van der Waals surface area (Å²) in [6.45, 7) is 0. The van der Waals surface area contributed by atoms with E-state index in [-0.39, 0.29) is 12.0 Å². The van der Waals surface area contributed by atoms with Crippen LogP contribution in [0.25, 0.3) is 0 Å². The lowest BCUT2D eigenvalue weighted by Gasteiger charge is -2.08. The molecule has 9 heavy (non-hydrogen) atoms. The van der Waals surface area contributed by atoms with Crippen molar-refractivity contribution >= 4 is 6.29 Å². The van der Waals surface area contributed by atoms with Crippen LogP contribution in [0.4, 0.5) is 0 Å². The SMILES string of the molecule is O=CC[C@@H]1CCC[C@@H]1O. The van der Waals surface area contributed by atoms with Crippen molar-refractivity contribution in [3.05, 3.63) is 0 Å². The Labute approximate surface area is 54.9 Å². The first kappa shape index (κ1) is 6.75. The highest BCUT2D eigenvalue weighted by Gasteiger charge is 2.23. The third kappa shape index (κ3) is 1.52. The molecule has 2 atom stereocenters. The Morgan fingerprint density at radius 2 is 2.33 bits per heavy atom. The van der Waals surface area contributed by atoms with E-state index < -0.39 is 0 Å². The zero-order valence-corrected chi connectivity index (χ0v) is 5.42. The van der Waals surface area contributed by atoms with Crippen molar-refractivity contribution in [2.45, 2.75) is 31.8 Å². The van der Waals surface area contributed by atoms with E-state index in [1.165, 1.54) is 0 Å². The summed E-state index contributed by atoms with van der Waals surface area (Å²) in [5.74, 6) is 0.266. The smallest absolute Gasteiger partial charge is 0.120 e. The molecule has 0 aromatic rings. The molecule has 1 aliphatic carbocycles. The number of aliphatic hydroxyl groups excluding tert-OH is 1. The van der Waals surface area contributed by atoms with Crippen molar-refractivity contribution in [2.24, 2.45) is 5.92 Å². The fraction of sp³-hybridized carbons (Fsp3) is 0.857. The fourth-order valence-corrected chi connectivity index (χ4v) is 1.42. The lowest BCUT2D eigenvalue weighted by atomic mass is 10.0. The summed E-state index contributed by atoms with van der Waals surface area (Å²) in [7, 11) is 0. The molecule has 0 bridgehead atoms. The highest BCUT2D eigenvalue weighted by Crippen LogP contribution is 2.26. The number of carbonyl (C=O) groups excluding carboxylic acids is 1. The van der Waals surface area contributed by atoms with E-state index >= 15 is 0 Å². The molecule has 1 N–H and O–H groups in total. The quantitative estimate of drug-likeness (QED) is 0.557. The molecule has 0 radical (unpaired) electrons. The molecule has 1 saturated carbocycles. The zero-order valence-electron chi connectivity index (χ0n) is 5.42. The summed E-state index contributed by atoms with van der Waals surface area (Å²) in [6.07, 6.45) is 4.24. The van der Waals surface area contributed by atoms with Gasteiger partial charge < -0.3 is 9.90 Å². The largest absolute Gasteiger partial charge is 0.393 e. The number of hydrogen-bond donors (Lipinski definition) is 1. The maximum absolute atomic E-state index is 10.00. The number of carbonyl (C=O) groups is 1. The van der Waals surface area contributed by atoms with Crippen molar-refractivity contribution in [3.8, 4) is 0 Å². The van der Waals surface area contributed by atoms with Crippen LogP contribution in [-0.2, 0) is 4.79 Å². The molecule has 0 saturated heterocycles. The Morgan fingerprint density at radius 3 is 2.78 bits per heavy atom. The number of hydrogen-bond acceptors (Lipinski definition) is 2. The van der Waals surface area contributed by atoms with Crippen LogP contribution in [-0.4, -0.2) is 17.5 Å². The molecule has 0 aliphatic heterocycles. The normalized spacial score (nSPS) is 34.8. The predicted octanol–water partition coefficient (Wildman–Crippen LogP) is 0.736. The topological polar surface area (TPSA) is 37.3 Å². The van der Waals surface area contributed by atoms with E-state index in [1.54, 1.807) is 0 Å². The Balaban J connectivity index is 2.30. The van der Waals surface area contributed by atoms with Crippen LogP contribution in [0.1, 0.15) is 25.7 Å². The van der Waals surface area contributed by atoms with Gasteiger partial charge in [-0.15, -0.1) is 0 Å². The van der Waals surface area contributed by atoms with Crippen LogP contribution in [0.3, 0.4) is 0 Å². The molecule has 2 heteroatoms. The Bertz CT molecular complexity index is 101. The summed E-state index contributed by atoms with van der Waals surface area (Å²) in [5.41, 5.74) is 0. The van der Waals surface area contributed by atoms with Gasteiger partial charge in [0.15, 0.2) is 0 Å². The van der Waals surface area contributed by atoms with E-state index in [2.05, 4.69) is 0 Å². The summed E-state index contributed by atoms with van der Waals surface area (Å²) < 4.78 is 0. The number of aliphatic hydroxyl groups is 1. The molecule has 0 amide bonds. The second-order valence-electron chi connectivity index (χ2n) is 2.66. The van der Waals surface area contributed by atoms with Gasteiger partial charge in [-0.1, -0.05) is 6.42 Å². The highest BCUT2D eigenvalue weighted by atomic mass is 16.3. The van der Waals surface area contributed by atoms with Gasteiger partial charge in [0, 0.05) is 6.42 Å². The van der Waals surface area contributed by atoms with Gasteiger partial charge in [-0.05, 0) is 18.8 Å². The minimum Gasteiger partial charge on any atom is -0.393 e. The van der Waals surface area contributed by atoms with Crippen LogP contribution >= 0.6 is 0 Å². The molecule has 1 rings (SSSR count). The minimum atomic E-state index is -0.199. The maximum atomic E-state index is 10.00. The molecule has 52 valence electrons. The van der Waals surface area contributed by atoms with Gasteiger partial charge in [0.25, 0.3) is 0 Å². The van der Waals surface area contributed by atoms with Gasteiger partial charge in [0.2, 0.25) is 0 Å². The third-order valence-corrected chi connectivity index (χ3v) is 2.02. The van der Waals surface area contributed by atoms with Crippen molar-refractivity contribution in [2.75, 3.05) is 0 Å². The first-order valence-electron chi connectivity index (χ1n) is 3.46. The van der Waals surface area contributed by atoms with Crippen LogP contribution in [0.2, 0.25) is 0 Å². The molecule has 2 nitrogen and oxygen atoms in total. The van der Waals surface area contributed by atoms with E-state index in [0.717, 1.165) is 25.5 Å². The van der Waals surface area contributed by atoms with Gasteiger partial charge in [0.05, 0.1) is 6.10 Å². The maximum Gasteiger partial charge on any atom is 0.120 e. The molecular formula is C7H12O2. The van der Waals surface area contributed by atoms with Crippen molar-refractivity contribution in [3.63, 3.8) is 0 Å². The van der Waals surface area contributed by atoms with Crippen LogP contribution in [0.15, 0.2) is 0 Å². The molecule has 1 aliphatic rings. The summed E-state index contributed by atoms with van der Waals surface area (Å²) in [4.78, 5) is 10.00. The van der Waals surface area contributed by atoms with Crippen molar-refractivity contribution in [1.82, 2.24) is 0 Å². The number of rotatable bonds is 2. The van der Waals surface area contributed by atoms with Crippen LogP contribution < -0.4 is 0 Å². The first-order valence-corrected chi connectivity index (χ1v) is 3.46. The molecular weight excluding hydrogens is 116 g/mol. The second kappa shape index (κ2) is 2.97. The monoisotopic (exact) mass is 128 g/mol.